The maximum atomic E-state index is 12.5. The molecule has 0 aromatic carbocycles. The molecule has 2 aliphatic heterocycles. The summed E-state index contributed by atoms with van der Waals surface area (Å²) in [4.78, 5) is 32.6. The lowest BCUT2D eigenvalue weighted by molar-refractivity contribution is 0.0670. The van der Waals surface area contributed by atoms with Crippen LogP contribution in [0.25, 0.3) is 0 Å². The average Bonchev–Trinajstić information content (AvgIpc) is 3.04. The minimum Gasteiger partial charge on any atom is -0.375 e. The van der Waals surface area contributed by atoms with Crippen molar-refractivity contribution in [2.45, 2.75) is 25.8 Å². The van der Waals surface area contributed by atoms with Crippen molar-refractivity contribution in [2.24, 2.45) is 0 Å². The molecule has 0 atom stereocenters. The molecule has 2 fully saturated rings. The molecule has 0 aliphatic carbocycles. The Balaban J connectivity index is 1.62. The first-order valence-electron chi connectivity index (χ1n) is 7.13. The van der Waals surface area contributed by atoms with Crippen molar-refractivity contribution in [3.05, 3.63) is 10.6 Å². The second-order valence-electron chi connectivity index (χ2n) is 5.42. The van der Waals surface area contributed by atoms with Crippen molar-refractivity contribution in [1.29, 1.82) is 0 Å². The molecule has 21 heavy (non-hydrogen) atoms. The fraction of sp³-hybridized carbons (Fsp3) is 0.615. The van der Waals surface area contributed by atoms with Crippen LogP contribution in [0.5, 0.6) is 0 Å². The number of nitrogen functional groups attached to an aromatic ring is 1. The summed E-state index contributed by atoms with van der Waals surface area (Å²) in [5, 5.41) is 3.25. The van der Waals surface area contributed by atoms with Gasteiger partial charge in [0.15, 0.2) is 5.13 Å². The van der Waals surface area contributed by atoms with Crippen molar-refractivity contribution < 1.29 is 9.59 Å². The zero-order valence-electron chi connectivity index (χ0n) is 12.0. The maximum Gasteiger partial charge on any atom is 0.317 e. The van der Waals surface area contributed by atoms with E-state index in [1.54, 1.807) is 6.92 Å². The van der Waals surface area contributed by atoms with Gasteiger partial charge in [-0.05, 0) is 19.8 Å². The number of hydrogen-bond donors (Lipinski definition) is 2. The molecule has 114 valence electrons. The van der Waals surface area contributed by atoms with Gasteiger partial charge in [-0.2, -0.15) is 0 Å². The third-order valence-corrected chi connectivity index (χ3v) is 5.06. The Labute approximate surface area is 127 Å². The molecule has 2 saturated heterocycles. The van der Waals surface area contributed by atoms with Crippen LogP contribution < -0.4 is 11.1 Å². The topological polar surface area (TPSA) is 91.6 Å². The van der Waals surface area contributed by atoms with E-state index >= 15 is 0 Å². The molecule has 1 aromatic heterocycles. The van der Waals surface area contributed by atoms with Gasteiger partial charge in [0.2, 0.25) is 0 Å². The number of nitrogens with zero attached hydrogens (tertiary/aromatic N) is 3. The molecule has 8 heteroatoms. The molecule has 0 spiro atoms. The summed E-state index contributed by atoms with van der Waals surface area (Å²) in [5.74, 6) is 0.00558. The van der Waals surface area contributed by atoms with Crippen LogP contribution in [0.3, 0.4) is 0 Å². The van der Waals surface area contributed by atoms with Crippen LogP contribution in [0.15, 0.2) is 0 Å². The van der Waals surface area contributed by atoms with E-state index in [2.05, 4.69) is 10.3 Å². The summed E-state index contributed by atoms with van der Waals surface area (Å²) in [5.41, 5.74) is 6.35. The summed E-state index contributed by atoms with van der Waals surface area (Å²) >= 11 is 1.24. The Hall–Kier alpha value is -1.83. The first-order valence-corrected chi connectivity index (χ1v) is 7.94. The number of thiazole rings is 1. The largest absolute Gasteiger partial charge is 0.375 e. The van der Waals surface area contributed by atoms with E-state index in [0.29, 0.717) is 28.8 Å². The van der Waals surface area contributed by atoms with Crippen molar-refractivity contribution in [1.82, 2.24) is 20.1 Å². The van der Waals surface area contributed by atoms with E-state index in [1.165, 1.54) is 11.3 Å². The van der Waals surface area contributed by atoms with Gasteiger partial charge >= 0.3 is 6.03 Å². The second-order valence-corrected chi connectivity index (χ2v) is 6.45. The van der Waals surface area contributed by atoms with E-state index in [1.807, 2.05) is 9.80 Å². The molecule has 7 nitrogen and oxygen atoms in total. The highest BCUT2D eigenvalue weighted by molar-refractivity contribution is 7.17. The zero-order valence-corrected chi connectivity index (χ0v) is 12.8. The molecule has 3 rings (SSSR count). The smallest absolute Gasteiger partial charge is 0.317 e. The molecular formula is C13H19N5O2S. The van der Waals surface area contributed by atoms with Crippen LogP contribution >= 0.6 is 11.3 Å². The van der Waals surface area contributed by atoms with E-state index in [4.69, 9.17) is 5.73 Å². The number of anilines is 1. The van der Waals surface area contributed by atoms with Gasteiger partial charge in [0, 0.05) is 32.2 Å². The Morgan fingerprint density at radius 3 is 2.62 bits per heavy atom. The third kappa shape index (κ3) is 2.67. The molecule has 0 saturated carbocycles. The molecule has 0 unspecified atom stereocenters. The third-order valence-electron chi connectivity index (χ3n) is 4.09. The monoisotopic (exact) mass is 309 g/mol. The Kier molecular flexibility index (Phi) is 3.71. The second kappa shape index (κ2) is 5.51. The van der Waals surface area contributed by atoms with Crippen LogP contribution in [0.1, 0.15) is 28.2 Å². The molecule has 1 aromatic rings. The van der Waals surface area contributed by atoms with E-state index in [9.17, 15) is 9.59 Å². The van der Waals surface area contributed by atoms with E-state index < -0.39 is 0 Å². The SMILES string of the molecule is Cc1nc(N)sc1C(=O)N1CCC(N2CCNC2=O)CC1. The van der Waals surface area contributed by atoms with Gasteiger partial charge in [-0.15, -0.1) is 0 Å². The molecule has 3 heterocycles. The van der Waals surface area contributed by atoms with E-state index in [-0.39, 0.29) is 18.0 Å². The number of hydrogen-bond acceptors (Lipinski definition) is 5. The lowest BCUT2D eigenvalue weighted by Crippen LogP contribution is -2.47. The minimum absolute atomic E-state index is 0.00558. The number of amides is 3. The van der Waals surface area contributed by atoms with Crippen molar-refractivity contribution in [3.8, 4) is 0 Å². The number of nitrogens with one attached hydrogen (secondary N) is 1. The lowest BCUT2D eigenvalue weighted by atomic mass is 10.0. The number of carbonyl (C=O) groups is 2. The molecule has 2 aliphatic rings. The summed E-state index contributed by atoms with van der Waals surface area (Å²) in [7, 11) is 0. The fourth-order valence-electron chi connectivity index (χ4n) is 2.97. The van der Waals surface area contributed by atoms with Gasteiger partial charge in [0.1, 0.15) is 4.88 Å². The number of nitrogens with two attached hydrogens (primary N) is 1. The highest BCUT2D eigenvalue weighted by atomic mass is 32.1. The Bertz CT molecular complexity index is 565. The van der Waals surface area contributed by atoms with Crippen LogP contribution in [0.2, 0.25) is 0 Å². The zero-order chi connectivity index (χ0) is 15.0. The number of rotatable bonds is 2. The maximum absolute atomic E-state index is 12.5. The highest BCUT2D eigenvalue weighted by Gasteiger charge is 2.32. The van der Waals surface area contributed by atoms with Gasteiger partial charge in [-0.25, -0.2) is 9.78 Å². The molecule has 3 N–H and O–H groups in total. The van der Waals surface area contributed by atoms with Gasteiger partial charge in [-0.3, -0.25) is 4.79 Å². The standard InChI is InChI=1S/C13H19N5O2S/c1-8-10(21-12(14)16-8)11(19)17-5-2-9(3-6-17)18-7-4-15-13(18)20/h9H,2-7H2,1H3,(H2,14,16)(H,15,20). The van der Waals surface area contributed by atoms with Gasteiger partial charge in [0.05, 0.1) is 5.69 Å². The number of carbonyl (C=O) groups excluding carboxylic acids is 2. The summed E-state index contributed by atoms with van der Waals surface area (Å²) in [6.07, 6.45) is 1.65. The van der Waals surface area contributed by atoms with Gasteiger partial charge in [0.25, 0.3) is 5.91 Å². The minimum atomic E-state index is 0.00558. The first kappa shape index (κ1) is 14.1. The number of aromatic nitrogens is 1. The van der Waals surface area contributed by atoms with Crippen LogP contribution in [0.4, 0.5) is 9.93 Å². The van der Waals surface area contributed by atoms with Crippen molar-refractivity contribution in [3.63, 3.8) is 0 Å². The number of piperidine rings is 1. The Morgan fingerprint density at radius 2 is 2.10 bits per heavy atom. The van der Waals surface area contributed by atoms with Gasteiger partial charge in [-0.1, -0.05) is 11.3 Å². The summed E-state index contributed by atoms with van der Waals surface area (Å²) in [6, 6.07) is 0.259. The number of aryl methyl sites for hydroxylation is 1. The van der Waals surface area contributed by atoms with Crippen LogP contribution in [0, 0.1) is 6.92 Å². The number of urea groups is 1. The van der Waals surface area contributed by atoms with Crippen molar-refractivity contribution >= 4 is 28.4 Å². The summed E-state index contributed by atoms with van der Waals surface area (Å²) in [6.45, 7) is 4.63. The first-order chi connectivity index (χ1) is 10.1. The Morgan fingerprint density at radius 1 is 1.38 bits per heavy atom. The predicted molar refractivity (Wildman–Crippen MR) is 80.3 cm³/mol. The predicted octanol–water partition coefficient (Wildman–Crippen LogP) is 0.664. The van der Waals surface area contributed by atoms with Crippen molar-refractivity contribution in [2.75, 3.05) is 31.9 Å². The van der Waals surface area contributed by atoms with E-state index in [0.717, 1.165) is 25.9 Å². The van der Waals surface area contributed by atoms with Gasteiger partial charge < -0.3 is 20.9 Å². The quantitative estimate of drug-likeness (QED) is 0.839. The normalized spacial score (nSPS) is 20.0. The average molecular weight is 309 g/mol. The molecular weight excluding hydrogens is 290 g/mol. The molecule has 0 radical (unpaired) electrons. The summed E-state index contributed by atoms with van der Waals surface area (Å²) < 4.78 is 0. The highest BCUT2D eigenvalue weighted by Crippen LogP contribution is 2.24. The molecule has 3 amide bonds. The number of likely N-dealkylation sites (tertiary alicyclic amines) is 1. The molecule has 0 bridgehead atoms. The lowest BCUT2D eigenvalue weighted by Gasteiger charge is -2.36. The van der Waals surface area contributed by atoms with Crippen LogP contribution in [-0.4, -0.2) is 58.9 Å². The fourth-order valence-corrected chi connectivity index (χ4v) is 3.78. The van der Waals surface area contributed by atoms with Crippen LogP contribution in [-0.2, 0) is 0 Å².